The molecule has 0 amide bonds. The van der Waals surface area contributed by atoms with Crippen LogP contribution < -0.4 is 0 Å². The summed E-state index contributed by atoms with van der Waals surface area (Å²) in [5.41, 5.74) is 0.295. The van der Waals surface area contributed by atoms with Gasteiger partial charge in [0, 0.05) is 6.61 Å². The molecule has 0 bridgehead atoms. The maximum atomic E-state index is 10.1. The molecule has 0 spiro atoms. The molecule has 1 rings (SSSR count). The Morgan fingerprint density at radius 2 is 1.94 bits per heavy atom. The summed E-state index contributed by atoms with van der Waals surface area (Å²) in [4.78, 5) is 0. The molecule has 1 aliphatic carbocycles. The fraction of sp³-hybridized carbons (Fsp3) is 1.00. The normalized spacial score (nSPS) is 31.3. The first kappa shape index (κ1) is 15.9. The smallest absolute Gasteiger partial charge is 0.0777 e. The van der Waals surface area contributed by atoms with Crippen LogP contribution >= 0.6 is 0 Å². The lowest BCUT2D eigenvalue weighted by molar-refractivity contribution is -0.0247. The molecular formula is C15H30O3. The van der Waals surface area contributed by atoms with E-state index in [1.807, 2.05) is 6.92 Å². The van der Waals surface area contributed by atoms with Crippen molar-refractivity contribution in [2.45, 2.75) is 65.6 Å². The van der Waals surface area contributed by atoms with Crippen LogP contribution in [0.15, 0.2) is 0 Å². The van der Waals surface area contributed by atoms with Crippen LogP contribution in [0.3, 0.4) is 0 Å². The quantitative estimate of drug-likeness (QED) is 0.797. The van der Waals surface area contributed by atoms with Crippen LogP contribution in [-0.2, 0) is 4.74 Å². The van der Waals surface area contributed by atoms with E-state index in [0.717, 1.165) is 19.3 Å². The van der Waals surface area contributed by atoms with Gasteiger partial charge in [0.25, 0.3) is 0 Å². The Balaban J connectivity index is 2.47. The Morgan fingerprint density at radius 3 is 2.50 bits per heavy atom. The Kier molecular flexibility index (Phi) is 6.09. The van der Waals surface area contributed by atoms with Crippen molar-refractivity contribution in [2.75, 3.05) is 13.2 Å². The Labute approximate surface area is 112 Å². The van der Waals surface area contributed by atoms with Gasteiger partial charge in [-0.1, -0.05) is 20.8 Å². The van der Waals surface area contributed by atoms with E-state index in [0.29, 0.717) is 31.0 Å². The zero-order valence-electron chi connectivity index (χ0n) is 12.4. The molecule has 2 N–H and O–H groups in total. The van der Waals surface area contributed by atoms with Crippen LogP contribution in [0.5, 0.6) is 0 Å². The van der Waals surface area contributed by atoms with Crippen LogP contribution in [-0.4, -0.2) is 35.6 Å². The van der Waals surface area contributed by atoms with Crippen LogP contribution in [0.1, 0.15) is 53.4 Å². The highest BCUT2D eigenvalue weighted by Gasteiger charge is 2.35. The third kappa shape index (κ3) is 4.87. The number of hydrogen-bond donors (Lipinski definition) is 2. The van der Waals surface area contributed by atoms with E-state index in [4.69, 9.17) is 4.74 Å². The monoisotopic (exact) mass is 258 g/mol. The molecule has 0 aromatic heterocycles. The number of hydrogen-bond acceptors (Lipinski definition) is 3. The maximum absolute atomic E-state index is 10.1. The number of aliphatic hydroxyl groups is 2. The largest absolute Gasteiger partial charge is 0.393 e. The summed E-state index contributed by atoms with van der Waals surface area (Å²) in [6, 6.07) is 0. The summed E-state index contributed by atoms with van der Waals surface area (Å²) < 4.78 is 5.23. The van der Waals surface area contributed by atoms with Gasteiger partial charge in [-0.15, -0.1) is 0 Å². The molecule has 4 unspecified atom stereocenters. The Morgan fingerprint density at radius 1 is 1.28 bits per heavy atom. The van der Waals surface area contributed by atoms with Crippen molar-refractivity contribution in [1.29, 1.82) is 0 Å². The first-order valence-electron chi connectivity index (χ1n) is 7.28. The molecule has 1 fully saturated rings. The molecule has 1 saturated carbocycles. The number of aliphatic hydroxyl groups excluding tert-OH is 2. The standard InChI is InChI=1S/C15H30O3/c1-5-18-10-13(16)9-11-8-12(15(2,3)4)6-7-14(11)17/h11-14,16-17H,5-10H2,1-4H3. The van der Waals surface area contributed by atoms with Crippen molar-refractivity contribution >= 4 is 0 Å². The predicted molar refractivity (Wildman–Crippen MR) is 73.4 cm³/mol. The fourth-order valence-corrected chi connectivity index (χ4v) is 2.96. The topological polar surface area (TPSA) is 49.7 Å². The van der Waals surface area contributed by atoms with Gasteiger partial charge in [0.05, 0.1) is 18.8 Å². The van der Waals surface area contributed by atoms with Gasteiger partial charge in [-0.05, 0) is 49.9 Å². The molecule has 0 aliphatic heterocycles. The molecular weight excluding hydrogens is 228 g/mol. The molecule has 0 saturated heterocycles. The zero-order valence-corrected chi connectivity index (χ0v) is 12.4. The molecule has 4 atom stereocenters. The maximum Gasteiger partial charge on any atom is 0.0777 e. The van der Waals surface area contributed by atoms with Crippen molar-refractivity contribution < 1.29 is 14.9 Å². The molecule has 0 heterocycles. The summed E-state index contributed by atoms with van der Waals surface area (Å²) >= 11 is 0. The minimum Gasteiger partial charge on any atom is -0.393 e. The fourth-order valence-electron chi connectivity index (χ4n) is 2.96. The zero-order chi connectivity index (χ0) is 13.8. The third-order valence-electron chi connectivity index (χ3n) is 4.26. The lowest BCUT2D eigenvalue weighted by Gasteiger charge is -2.40. The minimum atomic E-state index is -0.441. The molecule has 0 radical (unpaired) electrons. The summed E-state index contributed by atoms with van der Waals surface area (Å²) in [5.74, 6) is 0.864. The summed E-state index contributed by atoms with van der Waals surface area (Å²) in [6.45, 7) is 9.75. The van der Waals surface area contributed by atoms with Crippen molar-refractivity contribution in [3.63, 3.8) is 0 Å². The highest BCUT2D eigenvalue weighted by atomic mass is 16.5. The summed E-state index contributed by atoms with van der Waals surface area (Å²) in [6.07, 6.45) is 2.96. The first-order chi connectivity index (χ1) is 8.34. The average molecular weight is 258 g/mol. The second-order valence-electron chi connectivity index (χ2n) is 6.75. The van der Waals surface area contributed by atoms with Gasteiger partial charge in [0.15, 0.2) is 0 Å². The first-order valence-corrected chi connectivity index (χ1v) is 7.28. The summed E-state index contributed by atoms with van der Waals surface area (Å²) in [5, 5.41) is 20.0. The van der Waals surface area contributed by atoms with Crippen molar-refractivity contribution in [3.8, 4) is 0 Å². The van der Waals surface area contributed by atoms with E-state index >= 15 is 0 Å². The minimum absolute atomic E-state index is 0.221. The summed E-state index contributed by atoms with van der Waals surface area (Å²) in [7, 11) is 0. The van der Waals surface area contributed by atoms with Gasteiger partial charge in [-0.2, -0.15) is 0 Å². The average Bonchev–Trinajstić information content (AvgIpc) is 2.28. The van der Waals surface area contributed by atoms with Gasteiger partial charge in [0.2, 0.25) is 0 Å². The molecule has 0 aromatic rings. The van der Waals surface area contributed by atoms with E-state index in [1.54, 1.807) is 0 Å². The Bertz CT molecular complexity index is 234. The van der Waals surface area contributed by atoms with Gasteiger partial charge >= 0.3 is 0 Å². The number of ether oxygens (including phenoxy) is 1. The van der Waals surface area contributed by atoms with Crippen molar-refractivity contribution in [2.24, 2.45) is 17.3 Å². The van der Waals surface area contributed by atoms with Crippen molar-refractivity contribution in [3.05, 3.63) is 0 Å². The van der Waals surface area contributed by atoms with E-state index in [1.165, 1.54) is 0 Å². The molecule has 18 heavy (non-hydrogen) atoms. The van der Waals surface area contributed by atoms with Gasteiger partial charge in [-0.3, -0.25) is 0 Å². The lowest BCUT2D eigenvalue weighted by atomic mass is 9.67. The second-order valence-corrected chi connectivity index (χ2v) is 6.75. The van der Waals surface area contributed by atoms with Gasteiger partial charge in [-0.25, -0.2) is 0 Å². The van der Waals surface area contributed by atoms with E-state index < -0.39 is 6.10 Å². The highest BCUT2D eigenvalue weighted by molar-refractivity contribution is 4.86. The second kappa shape index (κ2) is 6.88. The Hall–Kier alpha value is -0.120. The van der Waals surface area contributed by atoms with E-state index in [9.17, 15) is 10.2 Å². The lowest BCUT2D eigenvalue weighted by Crippen LogP contribution is -2.37. The molecule has 3 heteroatoms. The predicted octanol–water partition coefficient (Wildman–Crippen LogP) is 2.60. The third-order valence-corrected chi connectivity index (χ3v) is 4.26. The highest BCUT2D eigenvalue weighted by Crippen LogP contribution is 2.41. The molecule has 108 valence electrons. The SMILES string of the molecule is CCOCC(O)CC1CC(C(C)(C)C)CCC1O. The molecule has 0 aromatic carbocycles. The van der Waals surface area contributed by atoms with E-state index in [2.05, 4.69) is 20.8 Å². The van der Waals surface area contributed by atoms with E-state index in [-0.39, 0.29) is 12.0 Å². The van der Waals surface area contributed by atoms with Crippen molar-refractivity contribution in [1.82, 2.24) is 0 Å². The van der Waals surface area contributed by atoms with Crippen LogP contribution in [0.4, 0.5) is 0 Å². The van der Waals surface area contributed by atoms with Gasteiger partial charge in [0.1, 0.15) is 0 Å². The van der Waals surface area contributed by atoms with Crippen LogP contribution in [0.25, 0.3) is 0 Å². The van der Waals surface area contributed by atoms with Crippen LogP contribution in [0.2, 0.25) is 0 Å². The molecule has 1 aliphatic rings. The number of rotatable bonds is 5. The molecule has 3 nitrogen and oxygen atoms in total. The van der Waals surface area contributed by atoms with Gasteiger partial charge < -0.3 is 14.9 Å². The van der Waals surface area contributed by atoms with Crippen LogP contribution in [0, 0.1) is 17.3 Å².